The molecule has 0 aliphatic carbocycles. The minimum absolute atomic E-state index is 0.134. The minimum Gasteiger partial charge on any atom is -0.481 e. The van der Waals surface area contributed by atoms with Crippen LogP contribution in [0.5, 0.6) is 0 Å². The second kappa shape index (κ2) is 8.47. The van der Waals surface area contributed by atoms with Gasteiger partial charge in [-0.05, 0) is 24.1 Å². The molecule has 9 heteroatoms. The number of nitrogens with zero attached hydrogens (tertiary/aromatic N) is 3. The molecule has 150 valence electrons. The third-order valence-electron chi connectivity index (χ3n) is 4.98. The standard InChI is InChI=1S/C19H22FN3O5/c1-28-15-8-14(9-18(25)26)22(11-15)19(27)16-6-7-17(24)23(21-16)10-12-2-4-13(20)5-3-12/h2-5,14-15H,6-11H2,1H3,(H,25,26). The van der Waals surface area contributed by atoms with Gasteiger partial charge in [0, 0.05) is 32.5 Å². The molecule has 3 rings (SSSR count). The predicted molar refractivity (Wildman–Crippen MR) is 96.8 cm³/mol. The lowest BCUT2D eigenvalue weighted by Gasteiger charge is -2.28. The second-order valence-electron chi connectivity index (χ2n) is 6.93. The van der Waals surface area contributed by atoms with E-state index < -0.39 is 12.0 Å². The van der Waals surface area contributed by atoms with Gasteiger partial charge in [0.1, 0.15) is 11.5 Å². The summed E-state index contributed by atoms with van der Waals surface area (Å²) in [6.45, 7) is 0.424. The molecule has 0 radical (unpaired) electrons. The Morgan fingerprint density at radius 3 is 2.64 bits per heavy atom. The highest BCUT2D eigenvalue weighted by Gasteiger charge is 2.39. The molecule has 1 fully saturated rings. The van der Waals surface area contributed by atoms with E-state index in [2.05, 4.69) is 5.10 Å². The van der Waals surface area contributed by atoms with Gasteiger partial charge >= 0.3 is 5.97 Å². The molecule has 0 saturated carbocycles. The van der Waals surface area contributed by atoms with E-state index in [0.29, 0.717) is 12.0 Å². The van der Waals surface area contributed by atoms with E-state index in [1.807, 2.05) is 0 Å². The number of hydrazone groups is 1. The van der Waals surface area contributed by atoms with Gasteiger partial charge in [0.15, 0.2) is 0 Å². The molecule has 1 aromatic carbocycles. The third kappa shape index (κ3) is 4.53. The van der Waals surface area contributed by atoms with E-state index in [-0.39, 0.29) is 61.8 Å². The van der Waals surface area contributed by atoms with Gasteiger partial charge < -0.3 is 14.7 Å². The molecule has 1 aromatic rings. The summed E-state index contributed by atoms with van der Waals surface area (Å²) in [5.74, 6) is -1.96. The molecule has 2 aliphatic rings. The Bertz CT molecular complexity index is 795. The topological polar surface area (TPSA) is 99.5 Å². The Hall–Kier alpha value is -2.81. The van der Waals surface area contributed by atoms with Crippen LogP contribution in [0.2, 0.25) is 0 Å². The predicted octanol–water partition coefficient (Wildman–Crippen LogP) is 1.39. The third-order valence-corrected chi connectivity index (χ3v) is 4.98. The number of carbonyl (C=O) groups excluding carboxylic acids is 2. The van der Waals surface area contributed by atoms with E-state index in [1.165, 1.54) is 29.2 Å². The van der Waals surface area contributed by atoms with Crippen molar-refractivity contribution in [3.05, 3.63) is 35.6 Å². The molecule has 2 unspecified atom stereocenters. The Balaban J connectivity index is 1.76. The van der Waals surface area contributed by atoms with Crippen molar-refractivity contribution in [1.29, 1.82) is 0 Å². The number of carboxylic acid groups (broad SMARTS) is 1. The van der Waals surface area contributed by atoms with Crippen molar-refractivity contribution in [2.75, 3.05) is 13.7 Å². The molecular formula is C19H22FN3O5. The molecule has 8 nitrogen and oxygen atoms in total. The van der Waals surface area contributed by atoms with Crippen LogP contribution in [0.4, 0.5) is 4.39 Å². The average molecular weight is 391 g/mol. The quantitative estimate of drug-likeness (QED) is 0.790. The van der Waals surface area contributed by atoms with Crippen LogP contribution in [0, 0.1) is 5.82 Å². The number of carbonyl (C=O) groups is 3. The zero-order valence-corrected chi connectivity index (χ0v) is 15.5. The van der Waals surface area contributed by atoms with Crippen LogP contribution in [0.1, 0.15) is 31.2 Å². The number of carboxylic acids is 1. The van der Waals surface area contributed by atoms with Gasteiger partial charge in [-0.25, -0.2) is 9.40 Å². The molecular weight excluding hydrogens is 369 g/mol. The smallest absolute Gasteiger partial charge is 0.305 e. The van der Waals surface area contributed by atoms with Crippen molar-refractivity contribution in [2.24, 2.45) is 5.10 Å². The maximum absolute atomic E-state index is 13.1. The Morgan fingerprint density at radius 2 is 2.00 bits per heavy atom. The van der Waals surface area contributed by atoms with Gasteiger partial charge in [0.2, 0.25) is 5.91 Å². The number of aliphatic carboxylic acids is 1. The lowest BCUT2D eigenvalue weighted by molar-refractivity contribution is -0.138. The summed E-state index contributed by atoms with van der Waals surface area (Å²) < 4.78 is 18.4. The zero-order valence-electron chi connectivity index (χ0n) is 15.5. The van der Waals surface area contributed by atoms with Gasteiger partial charge in [-0.15, -0.1) is 0 Å². The summed E-state index contributed by atoms with van der Waals surface area (Å²) in [5.41, 5.74) is 0.908. The first kappa shape index (κ1) is 19.9. The van der Waals surface area contributed by atoms with Crippen LogP contribution >= 0.6 is 0 Å². The molecule has 2 aliphatic heterocycles. The second-order valence-corrected chi connectivity index (χ2v) is 6.93. The van der Waals surface area contributed by atoms with Crippen molar-refractivity contribution >= 4 is 23.5 Å². The van der Waals surface area contributed by atoms with Crippen molar-refractivity contribution in [3.63, 3.8) is 0 Å². The highest BCUT2D eigenvalue weighted by molar-refractivity contribution is 6.39. The number of halogens is 1. The number of ether oxygens (including phenoxy) is 1. The fourth-order valence-corrected chi connectivity index (χ4v) is 3.50. The fourth-order valence-electron chi connectivity index (χ4n) is 3.50. The fraction of sp³-hybridized carbons (Fsp3) is 0.474. The Labute approximate surface area is 161 Å². The molecule has 28 heavy (non-hydrogen) atoms. The van der Waals surface area contributed by atoms with E-state index in [0.717, 1.165) is 0 Å². The maximum Gasteiger partial charge on any atom is 0.305 e. The highest BCUT2D eigenvalue weighted by Crippen LogP contribution is 2.25. The summed E-state index contributed by atoms with van der Waals surface area (Å²) in [7, 11) is 1.53. The van der Waals surface area contributed by atoms with Crippen LogP contribution in [0.25, 0.3) is 0 Å². The van der Waals surface area contributed by atoms with E-state index >= 15 is 0 Å². The summed E-state index contributed by atoms with van der Waals surface area (Å²) in [4.78, 5) is 37.8. The van der Waals surface area contributed by atoms with Gasteiger partial charge in [0.05, 0.1) is 19.1 Å². The highest BCUT2D eigenvalue weighted by atomic mass is 19.1. The van der Waals surface area contributed by atoms with Gasteiger partial charge in [-0.3, -0.25) is 14.4 Å². The lowest BCUT2D eigenvalue weighted by Crippen LogP contribution is -2.44. The van der Waals surface area contributed by atoms with E-state index in [9.17, 15) is 18.8 Å². The van der Waals surface area contributed by atoms with E-state index in [1.54, 1.807) is 12.1 Å². The number of hydrogen-bond acceptors (Lipinski definition) is 5. The minimum atomic E-state index is -0.988. The summed E-state index contributed by atoms with van der Waals surface area (Å²) in [6, 6.07) is 5.23. The number of rotatable bonds is 6. The van der Waals surface area contributed by atoms with Crippen LogP contribution < -0.4 is 0 Å². The van der Waals surface area contributed by atoms with Crippen molar-refractivity contribution < 1.29 is 28.6 Å². The van der Waals surface area contributed by atoms with Crippen molar-refractivity contribution in [3.8, 4) is 0 Å². The molecule has 2 amide bonds. The summed E-state index contributed by atoms with van der Waals surface area (Å²) >= 11 is 0. The van der Waals surface area contributed by atoms with Crippen LogP contribution in [-0.2, 0) is 25.7 Å². The molecule has 2 atom stereocenters. The first-order valence-corrected chi connectivity index (χ1v) is 9.05. The Morgan fingerprint density at radius 1 is 1.29 bits per heavy atom. The normalized spacial score (nSPS) is 22.4. The maximum atomic E-state index is 13.1. The SMILES string of the molecule is COC1CC(CC(=O)O)N(C(=O)C2=NN(Cc3ccc(F)cc3)C(=O)CC2)C1. The van der Waals surface area contributed by atoms with Crippen LogP contribution in [-0.4, -0.2) is 64.3 Å². The largest absolute Gasteiger partial charge is 0.481 e. The monoisotopic (exact) mass is 391 g/mol. The Kier molecular flexibility index (Phi) is 6.03. The molecule has 0 aromatic heterocycles. The average Bonchev–Trinajstić information content (AvgIpc) is 3.07. The number of methoxy groups -OCH3 is 1. The first-order chi connectivity index (χ1) is 13.4. The summed E-state index contributed by atoms with van der Waals surface area (Å²) in [5, 5.41) is 14.5. The zero-order chi connectivity index (χ0) is 20.3. The number of hydrogen-bond donors (Lipinski definition) is 1. The molecule has 0 bridgehead atoms. The van der Waals surface area contributed by atoms with Gasteiger partial charge in [-0.2, -0.15) is 5.10 Å². The van der Waals surface area contributed by atoms with Crippen LogP contribution in [0.15, 0.2) is 29.4 Å². The molecule has 1 N–H and O–H groups in total. The molecule has 2 heterocycles. The lowest BCUT2D eigenvalue weighted by atomic mass is 10.1. The number of benzene rings is 1. The van der Waals surface area contributed by atoms with Crippen LogP contribution in [0.3, 0.4) is 0 Å². The molecule has 0 spiro atoms. The van der Waals surface area contributed by atoms with Gasteiger partial charge in [0.25, 0.3) is 5.91 Å². The van der Waals surface area contributed by atoms with Crippen molar-refractivity contribution in [2.45, 2.75) is 44.4 Å². The van der Waals surface area contributed by atoms with Crippen molar-refractivity contribution in [1.82, 2.24) is 9.91 Å². The molecule has 1 saturated heterocycles. The first-order valence-electron chi connectivity index (χ1n) is 9.05. The number of amides is 2. The van der Waals surface area contributed by atoms with Gasteiger partial charge in [-0.1, -0.05) is 12.1 Å². The summed E-state index contributed by atoms with van der Waals surface area (Å²) in [6.07, 6.45) is 0.383. The van der Waals surface area contributed by atoms with E-state index in [4.69, 9.17) is 9.84 Å². The number of likely N-dealkylation sites (tertiary alicyclic amines) is 1.